The van der Waals surface area contributed by atoms with Crippen molar-refractivity contribution in [2.45, 2.75) is 24.5 Å². The Morgan fingerprint density at radius 1 is 0.897 bits per heavy atom. The molecule has 0 bridgehead atoms. The van der Waals surface area contributed by atoms with Gasteiger partial charge in [-0.2, -0.15) is 0 Å². The molecule has 3 aromatic carbocycles. The second-order valence-electron chi connectivity index (χ2n) is 7.14. The first-order valence-corrected chi connectivity index (χ1v) is 9.60. The van der Waals surface area contributed by atoms with E-state index in [2.05, 4.69) is 10.6 Å². The molecule has 0 aliphatic carbocycles. The number of hydrogen-bond acceptors (Lipinski definition) is 3. The van der Waals surface area contributed by atoms with Crippen molar-refractivity contribution in [3.05, 3.63) is 102 Å². The molecule has 1 aliphatic rings. The van der Waals surface area contributed by atoms with Crippen molar-refractivity contribution in [2.24, 2.45) is 0 Å². The summed E-state index contributed by atoms with van der Waals surface area (Å²) in [6.45, 7) is 0. The van der Waals surface area contributed by atoms with Crippen molar-refractivity contribution >= 4 is 17.5 Å². The molecule has 0 aromatic heterocycles. The molecule has 0 spiro atoms. The van der Waals surface area contributed by atoms with E-state index in [9.17, 15) is 14.7 Å². The number of benzene rings is 3. The summed E-state index contributed by atoms with van der Waals surface area (Å²) in [7, 11) is 0. The van der Waals surface area contributed by atoms with E-state index in [-0.39, 0.29) is 18.2 Å². The van der Waals surface area contributed by atoms with Gasteiger partial charge in [-0.1, -0.05) is 78.9 Å². The minimum absolute atomic E-state index is 0.0215. The van der Waals surface area contributed by atoms with Crippen LogP contribution in [0.5, 0.6) is 0 Å². The minimum atomic E-state index is -0.910. The Balaban J connectivity index is 1.55. The number of carbonyl (C=O) groups excluding carboxylic acids is 2. The third-order valence-corrected chi connectivity index (χ3v) is 5.23. The van der Waals surface area contributed by atoms with Crippen LogP contribution in [0.25, 0.3) is 0 Å². The number of nitrogens with one attached hydrogen (secondary N) is 2. The number of fused-ring (bicyclic) bond motifs is 1. The van der Waals surface area contributed by atoms with Gasteiger partial charge in [0.15, 0.2) is 0 Å². The fourth-order valence-electron chi connectivity index (χ4n) is 3.74. The van der Waals surface area contributed by atoms with Gasteiger partial charge in [0.05, 0.1) is 12.0 Å². The molecule has 0 fully saturated rings. The molecule has 1 heterocycles. The average molecular weight is 386 g/mol. The van der Waals surface area contributed by atoms with Crippen molar-refractivity contribution < 1.29 is 14.7 Å². The van der Waals surface area contributed by atoms with Gasteiger partial charge in [0.1, 0.15) is 6.10 Å². The van der Waals surface area contributed by atoms with Crippen molar-refractivity contribution in [1.82, 2.24) is 5.32 Å². The van der Waals surface area contributed by atoms with Gasteiger partial charge in [0, 0.05) is 12.1 Å². The average Bonchev–Trinajstić information content (AvgIpc) is 3.08. The van der Waals surface area contributed by atoms with Gasteiger partial charge in [-0.15, -0.1) is 0 Å². The number of carbonyl (C=O) groups is 2. The second kappa shape index (κ2) is 8.29. The summed E-state index contributed by atoms with van der Waals surface area (Å²) in [5.41, 5.74) is 3.09. The smallest absolute Gasteiger partial charge is 0.232 e. The summed E-state index contributed by atoms with van der Waals surface area (Å²) in [6, 6.07) is 25.4. The summed E-state index contributed by atoms with van der Waals surface area (Å²) >= 11 is 0. The van der Waals surface area contributed by atoms with Crippen LogP contribution in [0.15, 0.2) is 84.9 Å². The van der Waals surface area contributed by atoms with Crippen LogP contribution >= 0.6 is 0 Å². The third-order valence-electron chi connectivity index (χ3n) is 5.23. The van der Waals surface area contributed by atoms with E-state index in [1.54, 1.807) is 0 Å². The maximum atomic E-state index is 12.9. The topological polar surface area (TPSA) is 78.4 Å². The Morgan fingerprint density at radius 3 is 2.17 bits per heavy atom. The number of para-hydroxylation sites is 1. The minimum Gasteiger partial charge on any atom is -0.386 e. The highest BCUT2D eigenvalue weighted by atomic mass is 16.3. The van der Waals surface area contributed by atoms with E-state index in [4.69, 9.17) is 0 Å². The quantitative estimate of drug-likeness (QED) is 0.604. The van der Waals surface area contributed by atoms with Gasteiger partial charge in [-0.25, -0.2) is 0 Å². The lowest BCUT2D eigenvalue weighted by Crippen LogP contribution is -2.34. The van der Waals surface area contributed by atoms with Crippen LogP contribution in [-0.2, 0) is 9.59 Å². The molecule has 5 nitrogen and oxygen atoms in total. The van der Waals surface area contributed by atoms with Crippen molar-refractivity contribution in [2.75, 3.05) is 5.32 Å². The Labute approximate surface area is 169 Å². The third kappa shape index (κ3) is 4.05. The molecule has 0 saturated carbocycles. The zero-order valence-electron chi connectivity index (χ0n) is 15.8. The SMILES string of the molecule is O=C(CC1C(=O)Nc2ccccc21)NC(c1ccccc1)C(O)c1ccccc1. The van der Waals surface area contributed by atoms with E-state index < -0.39 is 18.1 Å². The fraction of sp³-hybridized carbons (Fsp3) is 0.167. The zero-order valence-corrected chi connectivity index (χ0v) is 15.8. The van der Waals surface area contributed by atoms with E-state index in [0.717, 1.165) is 16.8 Å². The lowest BCUT2D eigenvalue weighted by molar-refractivity contribution is -0.126. The predicted octanol–water partition coefficient (Wildman–Crippen LogP) is 3.70. The number of anilines is 1. The molecule has 3 aromatic rings. The molecule has 29 heavy (non-hydrogen) atoms. The molecule has 2 amide bonds. The molecular formula is C24H22N2O3. The summed E-state index contributed by atoms with van der Waals surface area (Å²) in [5.74, 6) is -0.997. The molecular weight excluding hydrogens is 364 g/mol. The van der Waals surface area contributed by atoms with Crippen molar-refractivity contribution in [3.8, 4) is 0 Å². The monoisotopic (exact) mass is 386 g/mol. The predicted molar refractivity (Wildman–Crippen MR) is 111 cm³/mol. The molecule has 3 atom stereocenters. The number of aliphatic hydroxyl groups excluding tert-OH is 1. The largest absolute Gasteiger partial charge is 0.386 e. The van der Waals surface area contributed by atoms with Gasteiger partial charge in [-0.3, -0.25) is 9.59 Å². The zero-order chi connectivity index (χ0) is 20.2. The highest BCUT2D eigenvalue weighted by Gasteiger charge is 2.33. The van der Waals surface area contributed by atoms with E-state index in [1.807, 2.05) is 84.9 Å². The molecule has 1 aliphatic heterocycles. The number of aliphatic hydroxyl groups is 1. The fourth-order valence-corrected chi connectivity index (χ4v) is 3.74. The summed E-state index contributed by atoms with van der Waals surface area (Å²) < 4.78 is 0. The van der Waals surface area contributed by atoms with Crippen LogP contribution < -0.4 is 10.6 Å². The first kappa shape index (κ1) is 18.9. The maximum Gasteiger partial charge on any atom is 0.232 e. The van der Waals surface area contributed by atoms with E-state index in [0.29, 0.717) is 5.56 Å². The number of amides is 2. The first-order chi connectivity index (χ1) is 14.1. The number of rotatable bonds is 6. The Morgan fingerprint density at radius 2 is 1.48 bits per heavy atom. The van der Waals surface area contributed by atoms with Gasteiger partial charge in [0.2, 0.25) is 11.8 Å². The standard InChI is InChI=1S/C24H22N2O3/c27-21(15-19-18-13-7-8-14-20(18)25-24(19)29)26-22(16-9-3-1-4-10-16)23(28)17-11-5-2-6-12-17/h1-14,19,22-23,28H,15H2,(H,25,29)(H,26,27). The molecule has 4 rings (SSSR count). The lowest BCUT2D eigenvalue weighted by Gasteiger charge is -2.25. The molecule has 3 N–H and O–H groups in total. The van der Waals surface area contributed by atoms with Crippen LogP contribution in [0.4, 0.5) is 5.69 Å². The molecule has 0 saturated heterocycles. The second-order valence-corrected chi connectivity index (χ2v) is 7.14. The Kier molecular flexibility index (Phi) is 5.40. The maximum absolute atomic E-state index is 12.9. The van der Waals surface area contributed by atoms with E-state index >= 15 is 0 Å². The van der Waals surface area contributed by atoms with Gasteiger partial charge >= 0.3 is 0 Å². The first-order valence-electron chi connectivity index (χ1n) is 9.60. The Hall–Kier alpha value is -3.44. The summed E-state index contributed by atoms with van der Waals surface area (Å²) in [6.07, 6.45) is -0.888. The Bertz CT molecular complexity index is 1000. The number of hydrogen-bond donors (Lipinski definition) is 3. The van der Waals surface area contributed by atoms with E-state index in [1.165, 1.54) is 0 Å². The molecule has 0 radical (unpaired) electrons. The lowest BCUT2D eigenvalue weighted by atomic mass is 9.94. The molecule has 5 heteroatoms. The van der Waals surface area contributed by atoms with Crippen molar-refractivity contribution in [3.63, 3.8) is 0 Å². The molecule has 3 unspecified atom stereocenters. The van der Waals surface area contributed by atoms with Crippen LogP contribution in [0.1, 0.15) is 41.2 Å². The van der Waals surface area contributed by atoms with Gasteiger partial charge < -0.3 is 15.7 Å². The summed E-state index contributed by atoms with van der Waals surface area (Å²) in [4.78, 5) is 25.2. The molecule has 146 valence electrons. The van der Waals surface area contributed by atoms with Gasteiger partial charge in [-0.05, 0) is 22.8 Å². The highest BCUT2D eigenvalue weighted by Crippen LogP contribution is 2.35. The van der Waals surface area contributed by atoms with Gasteiger partial charge in [0.25, 0.3) is 0 Å². The van der Waals surface area contributed by atoms with Crippen LogP contribution in [0.3, 0.4) is 0 Å². The van der Waals surface area contributed by atoms with Crippen molar-refractivity contribution in [1.29, 1.82) is 0 Å². The van der Waals surface area contributed by atoms with Crippen LogP contribution in [0.2, 0.25) is 0 Å². The van der Waals surface area contributed by atoms with Crippen LogP contribution in [0, 0.1) is 0 Å². The normalized spacial score (nSPS) is 17.1. The van der Waals surface area contributed by atoms with Crippen LogP contribution in [-0.4, -0.2) is 16.9 Å². The highest BCUT2D eigenvalue weighted by molar-refractivity contribution is 6.04. The summed E-state index contributed by atoms with van der Waals surface area (Å²) in [5, 5.41) is 16.7.